The molecule has 2 aliphatic rings. The van der Waals surface area contributed by atoms with Crippen molar-refractivity contribution in [1.82, 2.24) is 10.2 Å². The van der Waals surface area contributed by atoms with Crippen molar-refractivity contribution in [3.63, 3.8) is 0 Å². The van der Waals surface area contributed by atoms with Gasteiger partial charge in [-0.15, -0.1) is 0 Å². The maximum Gasteiger partial charge on any atom is 0.317 e. The van der Waals surface area contributed by atoms with Crippen molar-refractivity contribution >= 4 is 11.9 Å². The predicted octanol–water partition coefficient (Wildman–Crippen LogP) is 1.11. The average Bonchev–Trinajstić information content (AvgIpc) is 2.63. The number of nitrogens with one attached hydrogen (secondary N) is 1. The fourth-order valence-electron chi connectivity index (χ4n) is 4.44. The maximum absolute atomic E-state index is 12.7. The van der Waals surface area contributed by atoms with Gasteiger partial charge >= 0.3 is 5.97 Å². The predicted molar refractivity (Wildman–Crippen MR) is 104 cm³/mol. The number of carboxylic acid groups (broad SMARTS) is 1. The fraction of sp³-hybridized carbons (Fsp3) is 0.619. The summed E-state index contributed by atoms with van der Waals surface area (Å²) in [7, 11) is 0. The van der Waals surface area contributed by atoms with Crippen LogP contribution in [0.4, 0.5) is 0 Å². The zero-order valence-corrected chi connectivity index (χ0v) is 16.6. The minimum atomic E-state index is -0.852. The lowest BCUT2D eigenvalue weighted by atomic mass is 9.73. The molecule has 7 heteroatoms. The number of rotatable bonds is 5. The molecule has 3 N–H and O–H groups in total. The molecule has 0 unspecified atom stereocenters. The third kappa shape index (κ3) is 4.37. The molecule has 0 saturated carbocycles. The Hall–Kier alpha value is -1.96. The molecule has 28 heavy (non-hydrogen) atoms. The average molecular weight is 390 g/mol. The second-order valence-electron chi connectivity index (χ2n) is 8.30. The highest BCUT2D eigenvalue weighted by Crippen LogP contribution is 2.39. The number of carbonyl (C=O) groups excluding carboxylic acids is 1. The van der Waals surface area contributed by atoms with Crippen molar-refractivity contribution in [3.8, 4) is 0 Å². The standard InChI is InChI=1S/C21H30N2O5/c1-15-5-3-4-6-16(15)13-17(24)22-20(2)9-12-28-21(19(20)27)7-10-23(11-8-21)14-18(25)26/h3-6,19,27H,7-14H2,1-2H3,(H,22,24)(H,25,26)/t19-,20+/m1/s1. The van der Waals surface area contributed by atoms with Gasteiger partial charge in [-0.05, 0) is 44.2 Å². The molecule has 2 heterocycles. The largest absolute Gasteiger partial charge is 0.480 e. The zero-order chi connectivity index (χ0) is 20.4. The van der Waals surface area contributed by atoms with Gasteiger partial charge in [0.05, 0.1) is 24.1 Å². The smallest absolute Gasteiger partial charge is 0.317 e. The van der Waals surface area contributed by atoms with Crippen LogP contribution in [0.2, 0.25) is 0 Å². The van der Waals surface area contributed by atoms with Crippen molar-refractivity contribution in [3.05, 3.63) is 35.4 Å². The number of carbonyl (C=O) groups is 2. The molecular formula is C21H30N2O5. The van der Waals surface area contributed by atoms with Gasteiger partial charge in [0.1, 0.15) is 6.10 Å². The van der Waals surface area contributed by atoms with E-state index in [1.54, 1.807) is 0 Å². The summed E-state index contributed by atoms with van der Waals surface area (Å²) in [6.07, 6.45) is 1.06. The molecule has 154 valence electrons. The van der Waals surface area contributed by atoms with Gasteiger partial charge in [-0.25, -0.2) is 0 Å². The molecule has 2 fully saturated rings. The number of nitrogens with zero attached hydrogens (tertiary/aromatic N) is 1. The molecule has 3 rings (SSSR count). The molecule has 2 atom stereocenters. The molecule has 0 bridgehead atoms. The summed E-state index contributed by atoms with van der Waals surface area (Å²) in [5, 5.41) is 23.2. The molecule has 1 spiro atoms. The lowest BCUT2D eigenvalue weighted by Gasteiger charge is -2.53. The van der Waals surface area contributed by atoms with E-state index in [2.05, 4.69) is 5.32 Å². The highest BCUT2D eigenvalue weighted by Gasteiger charge is 2.53. The molecule has 0 radical (unpaired) electrons. The molecule has 0 aliphatic carbocycles. The third-order valence-electron chi connectivity index (χ3n) is 6.21. The third-order valence-corrected chi connectivity index (χ3v) is 6.21. The van der Waals surface area contributed by atoms with Crippen LogP contribution in [0.25, 0.3) is 0 Å². The van der Waals surface area contributed by atoms with Gasteiger partial charge < -0.3 is 20.3 Å². The summed E-state index contributed by atoms with van der Waals surface area (Å²) < 4.78 is 6.01. The Morgan fingerprint density at radius 2 is 1.93 bits per heavy atom. The van der Waals surface area contributed by atoms with E-state index in [1.165, 1.54) is 0 Å². The van der Waals surface area contributed by atoms with Crippen molar-refractivity contribution in [2.45, 2.75) is 56.8 Å². The van der Waals surface area contributed by atoms with Crippen LogP contribution in [0.15, 0.2) is 24.3 Å². The summed E-state index contributed by atoms with van der Waals surface area (Å²) in [6, 6.07) is 7.78. The molecule has 7 nitrogen and oxygen atoms in total. The van der Waals surface area contributed by atoms with E-state index in [9.17, 15) is 14.7 Å². The fourth-order valence-corrected chi connectivity index (χ4v) is 4.44. The molecule has 1 aromatic carbocycles. The van der Waals surface area contributed by atoms with Crippen LogP contribution in [0.5, 0.6) is 0 Å². The minimum absolute atomic E-state index is 0.00337. The highest BCUT2D eigenvalue weighted by atomic mass is 16.5. The number of ether oxygens (including phenoxy) is 1. The Morgan fingerprint density at radius 3 is 2.57 bits per heavy atom. The van der Waals surface area contributed by atoms with Crippen LogP contribution in [0.1, 0.15) is 37.3 Å². The van der Waals surface area contributed by atoms with Gasteiger partial charge in [0.25, 0.3) is 0 Å². The number of benzene rings is 1. The first kappa shape index (κ1) is 20.8. The first-order valence-electron chi connectivity index (χ1n) is 9.86. The van der Waals surface area contributed by atoms with Crippen molar-refractivity contribution < 1.29 is 24.5 Å². The van der Waals surface area contributed by atoms with E-state index in [1.807, 2.05) is 43.0 Å². The Labute approximate surface area is 165 Å². The number of piperidine rings is 1. The van der Waals surface area contributed by atoms with Gasteiger partial charge in [-0.1, -0.05) is 24.3 Å². The SMILES string of the molecule is Cc1ccccc1CC(=O)N[C@@]1(C)CCOC2(CCN(CC(=O)O)CC2)[C@@H]1O. The Morgan fingerprint density at radius 1 is 1.25 bits per heavy atom. The van der Waals surface area contributed by atoms with E-state index in [-0.39, 0.29) is 18.9 Å². The summed E-state index contributed by atoms with van der Waals surface area (Å²) >= 11 is 0. The minimum Gasteiger partial charge on any atom is -0.480 e. The van der Waals surface area contributed by atoms with Gasteiger partial charge in [-0.3, -0.25) is 14.5 Å². The summed E-state index contributed by atoms with van der Waals surface area (Å²) in [5.74, 6) is -0.967. The van der Waals surface area contributed by atoms with E-state index < -0.39 is 23.2 Å². The van der Waals surface area contributed by atoms with Crippen molar-refractivity contribution in [1.29, 1.82) is 0 Å². The summed E-state index contributed by atoms with van der Waals surface area (Å²) in [5.41, 5.74) is 0.532. The van der Waals surface area contributed by atoms with Crippen LogP contribution in [0, 0.1) is 6.92 Å². The van der Waals surface area contributed by atoms with Crippen LogP contribution < -0.4 is 5.32 Å². The second kappa shape index (κ2) is 8.19. The lowest BCUT2D eigenvalue weighted by molar-refractivity contribution is -0.208. The Kier molecular flexibility index (Phi) is 6.07. The van der Waals surface area contributed by atoms with Crippen LogP contribution in [0.3, 0.4) is 0 Å². The first-order valence-corrected chi connectivity index (χ1v) is 9.86. The molecular weight excluding hydrogens is 360 g/mol. The van der Waals surface area contributed by atoms with Gasteiger partial charge in [0.15, 0.2) is 0 Å². The molecule has 2 aliphatic heterocycles. The van der Waals surface area contributed by atoms with Crippen molar-refractivity contribution in [2.75, 3.05) is 26.2 Å². The second-order valence-corrected chi connectivity index (χ2v) is 8.30. The van der Waals surface area contributed by atoms with E-state index >= 15 is 0 Å². The van der Waals surface area contributed by atoms with Crippen LogP contribution >= 0.6 is 0 Å². The normalized spacial score (nSPS) is 27.5. The Balaban J connectivity index is 1.65. The van der Waals surface area contributed by atoms with Gasteiger partial charge in [0.2, 0.25) is 5.91 Å². The van der Waals surface area contributed by atoms with Gasteiger partial charge in [0, 0.05) is 19.7 Å². The van der Waals surface area contributed by atoms with Crippen LogP contribution in [-0.4, -0.2) is 70.5 Å². The monoisotopic (exact) mass is 390 g/mol. The quantitative estimate of drug-likeness (QED) is 0.697. The summed E-state index contributed by atoms with van der Waals surface area (Å²) in [6.45, 7) is 5.41. The first-order chi connectivity index (χ1) is 13.2. The molecule has 1 aromatic rings. The maximum atomic E-state index is 12.7. The highest BCUT2D eigenvalue weighted by molar-refractivity contribution is 5.79. The number of likely N-dealkylation sites (tertiary alicyclic amines) is 1. The molecule has 0 aromatic heterocycles. The summed E-state index contributed by atoms with van der Waals surface area (Å²) in [4.78, 5) is 25.5. The molecule has 1 amide bonds. The van der Waals surface area contributed by atoms with E-state index in [0.717, 1.165) is 11.1 Å². The van der Waals surface area contributed by atoms with Crippen molar-refractivity contribution in [2.24, 2.45) is 0 Å². The number of aliphatic hydroxyl groups is 1. The number of aliphatic hydroxyl groups excluding tert-OH is 1. The number of hydrogen-bond acceptors (Lipinski definition) is 5. The Bertz CT molecular complexity index is 729. The van der Waals surface area contributed by atoms with E-state index in [0.29, 0.717) is 39.0 Å². The number of aliphatic carboxylic acids is 1. The zero-order valence-electron chi connectivity index (χ0n) is 16.6. The number of hydrogen-bond donors (Lipinski definition) is 3. The lowest BCUT2D eigenvalue weighted by Crippen LogP contribution is -2.69. The molecule has 2 saturated heterocycles. The number of carboxylic acids is 1. The number of aryl methyl sites for hydroxylation is 1. The van der Waals surface area contributed by atoms with Crippen LogP contribution in [-0.2, 0) is 20.7 Å². The van der Waals surface area contributed by atoms with E-state index in [4.69, 9.17) is 9.84 Å². The topological polar surface area (TPSA) is 99.1 Å². The number of amides is 1. The van der Waals surface area contributed by atoms with Gasteiger partial charge in [-0.2, -0.15) is 0 Å².